The second kappa shape index (κ2) is 18.3. The third kappa shape index (κ3) is 10.3. The fourth-order valence-corrected chi connectivity index (χ4v) is 9.44. The molecule has 0 atom stereocenters. The van der Waals surface area contributed by atoms with Crippen LogP contribution < -0.4 is 15.0 Å². The van der Waals surface area contributed by atoms with Crippen molar-refractivity contribution in [3.05, 3.63) is 77.6 Å². The van der Waals surface area contributed by atoms with Gasteiger partial charge in [-0.05, 0) is 97.3 Å². The van der Waals surface area contributed by atoms with E-state index in [2.05, 4.69) is 50.1 Å². The lowest BCUT2D eigenvalue weighted by molar-refractivity contribution is -0.432. The number of anilines is 3. The number of fused-ring (bicyclic) bond motifs is 2. The quantitative estimate of drug-likeness (QED) is 0.0224. The number of halogens is 1. The summed E-state index contributed by atoms with van der Waals surface area (Å²) in [4.78, 5) is 12.9. The highest BCUT2D eigenvalue weighted by molar-refractivity contribution is 7.94. The molecule has 0 radical (unpaired) electrons. The maximum Gasteiger partial charge on any atom is 0.296 e. The molecule has 0 aliphatic carbocycles. The fourth-order valence-electron chi connectivity index (χ4n) is 6.66. The minimum absolute atomic E-state index is 0.0288. The Bertz CT molecular complexity index is 3190. The van der Waals surface area contributed by atoms with Crippen LogP contribution in [0.3, 0.4) is 0 Å². The number of methoxy groups -OCH3 is 1. The molecule has 1 fully saturated rings. The van der Waals surface area contributed by atoms with Crippen molar-refractivity contribution in [2.24, 2.45) is 20.5 Å². The Hall–Kier alpha value is -5.52. The summed E-state index contributed by atoms with van der Waals surface area (Å²) in [6.07, 6.45) is 2.97. The molecule has 1 aliphatic heterocycles. The summed E-state index contributed by atoms with van der Waals surface area (Å²) >= 11 is 6.60. The van der Waals surface area contributed by atoms with Gasteiger partial charge in [-0.25, -0.2) is 5.26 Å². The summed E-state index contributed by atoms with van der Waals surface area (Å²) < 4.78 is 115. The van der Waals surface area contributed by atoms with Crippen molar-refractivity contribution in [3.63, 3.8) is 0 Å². The number of nitrogens with one attached hydrogen (secondary N) is 1. The number of hydrogen-bond acceptors (Lipinski definition) is 20. The van der Waals surface area contributed by atoms with E-state index in [1.807, 2.05) is 4.90 Å². The zero-order chi connectivity index (χ0) is 45.3. The normalized spacial score (nSPS) is 14.0. The van der Waals surface area contributed by atoms with E-state index in [-0.39, 0.29) is 66.2 Å². The maximum absolute atomic E-state index is 12.7. The van der Waals surface area contributed by atoms with Crippen molar-refractivity contribution in [1.82, 2.24) is 15.0 Å². The summed E-state index contributed by atoms with van der Waals surface area (Å²) in [7, 11) is -13.4. The highest BCUT2D eigenvalue weighted by Gasteiger charge is 2.24. The van der Waals surface area contributed by atoms with Crippen LogP contribution in [0.4, 0.5) is 40.3 Å². The Morgan fingerprint density at radius 1 is 0.730 bits per heavy atom. The molecular weight excluding hydrogens is 930 g/mol. The molecule has 0 unspecified atom stereocenters. The Kier molecular flexibility index (Phi) is 13.2. The first-order valence-corrected chi connectivity index (χ1v) is 23.5. The number of aryl methyl sites for hydroxylation is 1. The number of aromatic nitrogens is 3. The molecule has 0 saturated carbocycles. The van der Waals surface area contributed by atoms with Gasteiger partial charge < -0.3 is 15.0 Å². The largest absolute Gasteiger partial charge is 0.494 e. The molecule has 27 heteroatoms. The smallest absolute Gasteiger partial charge is 0.296 e. The highest BCUT2D eigenvalue weighted by Crippen LogP contribution is 2.42. The van der Waals surface area contributed by atoms with Crippen molar-refractivity contribution in [2.45, 2.75) is 45.8 Å². The number of piperidine rings is 1. The predicted octanol–water partition coefficient (Wildman–Crippen LogP) is 8.88. The molecular formula is C36H32ClN9O13S4. The van der Waals surface area contributed by atoms with Crippen molar-refractivity contribution in [2.75, 3.05) is 30.4 Å². The fraction of sp³-hybridized carbons (Fsp3) is 0.194. The lowest BCUT2D eigenvalue weighted by atomic mass is 10.1. The monoisotopic (exact) mass is 961 g/mol. The van der Waals surface area contributed by atoms with E-state index >= 15 is 0 Å². The summed E-state index contributed by atoms with van der Waals surface area (Å²) in [6.45, 7) is 3.05. The van der Waals surface area contributed by atoms with Gasteiger partial charge in [0.2, 0.25) is 17.2 Å². The van der Waals surface area contributed by atoms with Crippen molar-refractivity contribution in [1.29, 1.82) is 0 Å². The molecule has 1 aliphatic rings. The molecule has 5 aromatic carbocycles. The summed E-state index contributed by atoms with van der Waals surface area (Å²) in [5, 5.41) is 31.8. The van der Waals surface area contributed by atoms with Crippen molar-refractivity contribution in [3.8, 4) is 5.75 Å². The average molecular weight is 962 g/mol. The van der Waals surface area contributed by atoms with Crippen LogP contribution >= 0.6 is 23.6 Å². The van der Waals surface area contributed by atoms with Gasteiger partial charge in [-0.1, -0.05) is 17.2 Å². The molecule has 63 heavy (non-hydrogen) atoms. The summed E-state index contributed by atoms with van der Waals surface area (Å²) in [5.41, 5.74) is 0.513. The highest BCUT2D eigenvalue weighted by atomic mass is 35.5. The SMILES string of the molecule is COc1cc(N=Nc2cc3c(S(=O)(=O)O)cc(SOOO)cc3cc2S(=O)(=O)O)c(C)cc1N=Nc1ccc(Nc2nc(Cl)nc(N3CCCCC3)n2)c2c(S(=O)(=O)O)cccc12. The topological polar surface area (TPSA) is 314 Å². The van der Waals surface area contributed by atoms with E-state index in [9.17, 15) is 38.9 Å². The predicted molar refractivity (Wildman–Crippen MR) is 228 cm³/mol. The van der Waals surface area contributed by atoms with Crippen LogP contribution in [-0.4, -0.2) is 79.3 Å². The molecule has 22 nitrogen and oxygen atoms in total. The van der Waals surface area contributed by atoms with E-state index in [1.165, 1.54) is 43.5 Å². The van der Waals surface area contributed by atoms with Crippen LogP contribution in [0.2, 0.25) is 5.28 Å². The van der Waals surface area contributed by atoms with E-state index in [0.717, 1.165) is 50.6 Å². The van der Waals surface area contributed by atoms with Gasteiger partial charge in [0, 0.05) is 40.2 Å². The second-order valence-corrected chi connectivity index (χ2v) is 18.8. The molecule has 6 aromatic rings. The van der Waals surface area contributed by atoms with E-state index < -0.39 is 50.7 Å². The van der Waals surface area contributed by atoms with Gasteiger partial charge in [-0.15, -0.1) is 19.7 Å². The van der Waals surface area contributed by atoms with Crippen LogP contribution in [-0.2, 0) is 39.7 Å². The van der Waals surface area contributed by atoms with Crippen LogP contribution in [0.15, 0.2) is 107 Å². The number of rotatable bonds is 14. The van der Waals surface area contributed by atoms with Gasteiger partial charge in [-0.2, -0.15) is 45.3 Å². The molecule has 0 bridgehead atoms. The van der Waals surface area contributed by atoms with Crippen LogP contribution in [0, 0.1) is 6.92 Å². The zero-order valence-electron chi connectivity index (χ0n) is 32.4. The van der Waals surface area contributed by atoms with E-state index in [1.54, 1.807) is 19.1 Å². The van der Waals surface area contributed by atoms with Gasteiger partial charge in [0.1, 0.15) is 31.8 Å². The first kappa shape index (κ1) is 45.5. The van der Waals surface area contributed by atoms with Crippen LogP contribution in [0.5, 0.6) is 5.75 Å². The molecule has 1 saturated heterocycles. The Morgan fingerprint density at radius 2 is 1.41 bits per heavy atom. The standard InChI is InChI=1S/C36H32ClN9O13S4/c1-19-13-27(29(57-2)18-26(19)43-45-28-17-23-20(15-32(28)63(54,55)56)14-21(60-59-58-47)16-31(23)62(51,52)53)44-42-24-9-10-25(33-22(24)7-6-8-30(33)61(48,49)50)38-35-39-34(37)40-36(41-35)46-11-4-3-5-12-46/h6-10,13-18,47H,3-5,11-12H2,1-2H3,(H,48,49,50)(H,51,52,53)(H,54,55,56)(H,38,39,40,41). The Labute approximate surface area is 367 Å². The van der Waals surface area contributed by atoms with Gasteiger partial charge in [-0.3, -0.25) is 13.7 Å². The summed E-state index contributed by atoms with van der Waals surface area (Å²) in [6, 6.07) is 14.2. The third-order valence-corrected chi connectivity index (χ3v) is 12.9. The molecule has 2 heterocycles. The molecule has 5 N–H and O–H groups in total. The van der Waals surface area contributed by atoms with Gasteiger partial charge >= 0.3 is 0 Å². The van der Waals surface area contributed by atoms with Gasteiger partial charge in [0.25, 0.3) is 30.4 Å². The number of azo groups is 2. The third-order valence-electron chi connectivity index (χ3n) is 9.45. The van der Waals surface area contributed by atoms with Crippen molar-refractivity contribution < 1.29 is 58.3 Å². The number of benzene rings is 5. The van der Waals surface area contributed by atoms with Crippen LogP contribution in [0.25, 0.3) is 21.5 Å². The lowest BCUT2D eigenvalue weighted by Gasteiger charge is -2.26. The van der Waals surface area contributed by atoms with E-state index in [4.69, 9.17) is 21.6 Å². The average Bonchev–Trinajstić information content (AvgIpc) is 3.23. The van der Waals surface area contributed by atoms with E-state index in [0.29, 0.717) is 23.6 Å². The molecule has 330 valence electrons. The Balaban J connectivity index is 1.25. The first-order valence-electron chi connectivity index (χ1n) is 18.0. The summed E-state index contributed by atoms with van der Waals surface area (Å²) in [5.74, 6) is 0.472. The number of hydrogen-bond donors (Lipinski definition) is 5. The molecule has 0 amide bonds. The molecule has 7 rings (SSSR count). The second-order valence-electron chi connectivity index (χ2n) is 13.5. The first-order chi connectivity index (χ1) is 29.8. The minimum atomic E-state index is -5.01. The Morgan fingerprint density at radius 3 is 2.10 bits per heavy atom. The van der Waals surface area contributed by atoms with Crippen molar-refractivity contribution >= 4 is 116 Å². The number of nitrogens with zero attached hydrogens (tertiary/aromatic N) is 8. The van der Waals surface area contributed by atoms with Crippen LogP contribution in [0.1, 0.15) is 24.8 Å². The zero-order valence-corrected chi connectivity index (χ0v) is 36.5. The number of ether oxygens (including phenoxy) is 1. The molecule has 0 spiro atoms. The maximum atomic E-state index is 12.7. The molecule has 1 aromatic heterocycles. The minimum Gasteiger partial charge on any atom is -0.494 e. The lowest BCUT2D eigenvalue weighted by Crippen LogP contribution is -2.31. The van der Waals surface area contributed by atoms with Gasteiger partial charge in [0.15, 0.2) is 0 Å². The van der Waals surface area contributed by atoms with Gasteiger partial charge in [0.05, 0.1) is 36.2 Å².